The van der Waals surface area contributed by atoms with Crippen LogP contribution in [-0.4, -0.2) is 30.3 Å². The van der Waals surface area contributed by atoms with Gasteiger partial charge in [0, 0.05) is 28.9 Å². The van der Waals surface area contributed by atoms with Crippen LogP contribution in [0.5, 0.6) is 0 Å². The van der Waals surface area contributed by atoms with Crippen LogP contribution in [0, 0.1) is 11.8 Å². The van der Waals surface area contributed by atoms with E-state index in [9.17, 15) is 14.4 Å². The second-order valence-electron chi connectivity index (χ2n) is 8.60. The van der Waals surface area contributed by atoms with E-state index in [4.69, 9.17) is 11.6 Å². The summed E-state index contributed by atoms with van der Waals surface area (Å²) in [5.74, 6) is -2.39. The van der Waals surface area contributed by atoms with Crippen molar-refractivity contribution >= 4 is 40.7 Å². The molecule has 2 aromatic carbocycles. The molecule has 158 valence electrons. The molecular formula is C24H22ClN3O3. The third-order valence-corrected chi connectivity index (χ3v) is 6.74. The molecule has 6 nitrogen and oxygen atoms in total. The van der Waals surface area contributed by atoms with E-state index in [1.165, 1.54) is 4.90 Å². The van der Waals surface area contributed by atoms with E-state index in [1.54, 1.807) is 29.2 Å². The van der Waals surface area contributed by atoms with Crippen LogP contribution in [-0.2, 0) is 19.9 Å². The number of hydrogen-bond acceptors (Lipinski definition) is 4. The molecule has 5 rings (SSSR count). The molecule has 3 aliphatic rings. The Morgan fingerprint density at radius 1 is 1.13 bits per heavy atom. The normalized spacial score (nSPS) is 29.1. The molecule has 2 aromatic rings. The van der Waals surface area contributed by atoms with Crippen molar-refractivity contribution in [2.24, 2.45) is 11.8 Å². The third kappa shape index (κ3) is 2.58. The van der Waals surface area contributed by atoms with Crippen LogP contribution >= 0.6 is 11.6 Å². The highest BCUT2D eigenvalue weighted by Gasteiger charge is 2.71. The minimum Gasteiger partial charge on any atom is -0.306 e. The second-order valence-corrected chi connectivity index (χ2v) is 9.04. The third-order valence-electron chi connectivity index (χ3n) is 6.51. The van der Waals surface area contributed by atoms with E-state index in [0.29, 0.717) is 17.3 Å². The average Bonchev–Trinajstić information content (AvgIpc) is 3.26. The van der Waals surface area contributed by atoms with Crippen LogP contribution in [0.1, 0.15) is 19.4 Å². The number of benzene rings is 2. The molecule has 2 fully saturated rings. The van der Waals surface area contributed by atoms with Crippen molar-refractivity contribution in [3.63, 3.8) is 0 Å². The van der Waals surface area contributed by atoms with E-state index in [1.807, 2.05) is 38.1 Å². The fourth-order valence-corrected chi connectivity index (χ4v) is 5.59. The van der Waals surface area contributed by atoms with Crippen molar-refractivity contribution in [1.29, 1.82) is 0 Å². The van der Waals surface area contributed by atoms with E-state index < -0.39 is 17.4 Å². The van der Waals surface area contributed by atoms with Crippen LogP contribution in [0.15, 0.2) is 60.7 Å². The Morgan fingerprint density at radius 3 is 2.58 bits per heavy atom. The summed E-state index contributed by atoms with van der Waals surface area (Å²) in [5.41, 5.74) is 1.46. The molecule has 3 amide bonds. The maximum absolute atomic E-state index is 13.9. The van der Waals surface area contributed by atoms with Crippen LogP contribution in [0.25, 0.3) is 0 Å². The molecule has 0 radical (unpaired) electrons. The molecule has 31 heavy (non-hydrogen) atoms. The summed E-state index contributed by atoms with van der Waals surface area (Å²) in [6.07, 6.45) is 0. The van der Waals surface area contributed by atoms with Gasteiger partial charge >= 0.3 is 0 Å². The Morgan fingerprint density at radius 2 is 1.87 bits per heavy atom. The van der Waals surface area contributed by atoms with Gasteiger partial charge in [-0.1, -0.05) is 48.0 Å². The van der Waals surface area contributed by atoms with Gasteiger partial charge in [-0.2, -0.15) is 0 Å². The van der Waals surface area contributed by atoms with Gasteiger partial charge in [-0.05, 0) is 38.1 Å². The van der Waals surface area contributed by atoms with Gasteiger partial charge in [0.1, 0.15) is 5.54 Å². The number of nitrogens with zero attached hydrogens (tertiary/aromatic N) is 2. The number of imide groups is 1. The van der Waals surface area contributed by atoms with Gasteiger partial charge in [-0.15, -0.1) is 0 Å². The average molecular weight is 436 g/mol. The highest BCUT2D eigenvalue weighted by Crippen LogP contribution is 2.55. The maximum atomic E-state index is 13.9. The lowest BCUT2D eigenvalue weighted by molar-refractivity contribution is -0.132. The second kappa shape index (κ2) is 6.77. The molecule has 1 N–H and O–H groups in total. The summed E-state index contributed by atoms with van der Waals surface area (Å²) < 4.78 is 0. The zero-order valence-electron chi connectivity index (χ0n) is 17.3. The zero-order chi connectivity index (χ0) is 22.1. The Kier molecular flexibility index (Phi) is 4.36. The van der Waals surface area contributed by atoms with E-state index in [2.05, 4.69) is 11.9 Å². The number of rotatable bonds is 3. The van der Waals surface area contributed by atoms with E-state index >= 15 is 0 Å². The molecule has 0 aromatic heterocycles. The number of carbonyl (C=O) groups is 3. The van der Waals surface area contributed by atoms with Crippen LogP contribution < -0.4 is 15.1 Å². The molecule has 0 bridgehead atoms. The van der Waals surface area contributed by atoms with Gasteiger partial charge in [-0.25, -0.2) is 4.90 Å². The molecule has 0 aliphatic carbocycles. The van der Waals surface area contributed by atoms with Gasteiger partial charge in [0.25, 0.3) is 5.91 Å². The van der Waals surface area contributed by atoms with Crippen LogP contribution in [0.2, 0.25) is 5.02 Å². The summed E-state index contributed by atoms with van der Waals surface area (Å²) >= 11 is 6.12. The highest BCUT2D eigenvalue weighted by atomic mass is 35.5. The van der Waals surface area contributed by atoms with Crippen molar-refractivity contribution in [3.8, 4) is 0 Å². The zero-order valence-corrected chi connectivity index (χ0v) is 18.0. The number of fused-ring (bicyclic) bond motifs is 4. The molecule has 7 heteroatoms. The predicted molar refractivity (Wildman–Crippen MR) is 119 cm³/mol. The predicted octanol–water partition coefficient (Wildman–Crippen LogP) is 3.26. The quantitative estimate of drug-likeness (QED) is 0.593. The van der Waals surface area contributed by atoms with Crippen molar-refractivity contribution in [1.82, 2.24) is 5.32 Å². The molecule has 1 spiro atoms. The standard InChI is InChI=1S/C24H22ClN3O3/c1-13(2)12-27-18-10-5-4-9-17(18)24(23(27)31)20-19(14(3)26-24)21(29)28(22(20)30)16-8-6-7-15(25)11-16/h4-11,14,19-20,26H,1,12H2,2-3H3/t14-,19-,20-,24+/m1/s1. The van der Waals surface area contributed by atoms with Crippen molar-refractivity contribution in [3.05, 3.63) is 71.3 Å². The van der Waals surface area contributed by atoms with Crippen LogP contribution in [0.3, 0.4) is 0 Å². The summed E-state index contributed by atoms with van der Waals surface area (Å²) in [6, 6.07) is 13.8. The Bertz CT molecular complexity index is 1160. The van der Waals surface area contributed by atoms with E-state index in [-0.39, 0.29) is 23.8 Å². The molecule has 0 unspecified atom stereocenters. The minimum atomic E-state index is -1.28. The maximum Gasteiger partial charge on any atom is 0.253 e. The molecular weight excluding hydrogens is 414 g/mol. The first kappa shape index (κ1) is 20.0. The lowest BCUT2D eigenvalue weighted by Crippen LogP contribution is -2.55. The number of para-hydroxylation sites is 1. The van der Waals surface area contributed by atoms with Gasteiger partial charge in [0.2, 0.25) is 11.8 Å². The Hall–Kier alpha value is -2.96. The monoisotopic (exact) mass is 435 g/mol. The summed E-state index contributed by atoms with van der Waals surface area (Å²) in [5, 5.41) is 3.81. The molecule has 2 saturated heterocycles. The van der Waals surface area contributed by atoms with Gasteiger partial charge in [-0.3, -0.25) is 19.7 Å². The van der Waals surface area contributed by atoms with Crippen molar-refractivity contribution < 1.29 is 14.4 Å². The fraction of sp³-hybridized carbons (Fsp3) is 0.292. The number of halogens is 1. The molecule has 4 atom stereocenters. The summed E-state index contributed by atoms with van der Waals surface area (Å²) in [7, 11) is 0. The Labute approximate surface area is 185 Å². The van der Waals surface area contributed by atoms with Gasteiger partial charge in [0.05, 0.1) is 17.5 Å². The largest absolute Gasteiger partial charge is 0.306 e. The number of hydrogen-bond donors (Lipinski definition) is 1. The number of nitrogens with one attached hydrogen (secondary N) is 1. The lowest BCUT2D eigenvalue weighted by atomic mass is 9.76. The van der Waals surface area contributed by atoms with Gasteiger partial charge in [0.15, 0.2) is 0 Å². The summed E-state index contributed by atoms with van der Waals surface area (Å²) in [4.78, 5) is 43.9. The molecule has 3 heterocycles. The molecule has 3 aliphatic heterocycles. The Balaban J connectivity index is 1.67. The first-order valence-electron chi connectivity index (χ1n) is 10.2. The van der Waals surface area contributed by atoms with Crippen molar-refractivity contribution in [2.75, 3.05) is 16.3 Å². The number of anilines is 2. The highest BCUT2D eigenvalue weighted by molar-refractivity contribution is 6.31. The van der Waals surface area contributed by atoms with E-state index in [0.717, 1.165) is 16.8 Å². The number of carbonyl (C=O) groups excluding carboxylic acids is 3. The fourth-order valence-electron chi connectivity index (χ4n) is 5.41. The number of amides is 3. The molecule has 0 saturated carbocycles. The minimum absolute atomic E-state index is 0.217. The first-order valence-corrected chi connectivity index (χ1v) is 10.6. The topological polar surface area (TPSA) is 69.7 Å². The summed E-state index contributed by atoms with van der Waals surface area (Å²) in [6.45, 7) is 8.02. The van der Waals surface area contributed by atoms with Crippen molar-refractivity contribution in [2.45, 2.75) is 25.4 Å². The van der Waals surface area contributed by atoms with Crippen LogP contribution in [0.4, 0.5) is 11.4 Å². The van der Waals surface area contributed by atoms with Gasteiger partial charge < -0.3 is 4.90 Å². The SMILES string of the molecule is C=C(C)CN1C(=O)[C@]2(N[C@H](C)[C@H]3C(=O)N(c4cccc(Cl)c4)C(=O)[C@@H]32)c2ccccc21. The first-order chi connectivity index (χ1) is 14.8. The smallest absolute Gasteiger partial charge is 0.253 e. The lowest BCUT2D eigenvalue weighted by Gasteiger charge is -2.30.